The third kappa shape index (κ3) is 2.83. The maximum atomic E-state index is 13.2. The van der Waals surface area contributed by atoms with E-state index in [0.717, 1.165) is 6.07 Å². The molecule has 5 heteroatoms. The summed E-state index contributed by atoms with van der Waals surface area (Å²) in [5, 5.41) is 0. The molecule has 0 aromatic heterocycles. The minimum absolute atomic E-state index is 0.0455. The maximum absolute atomic E-state index is 13.2. The number of primary amides is 1. The van der Waals surface area contributed by atoms with E-state index < -0.39 is 17.5 Å². The molecule has 2 aromatic carbocycles. The highest BCUT2D eigenvalue weighted by Crippen LogP contribution is 2.21. The van der Waals surface area contributed by atoms with Gasteiger partial charge in [0.1, 0.15) is 5.82 Å². The summed E-state index contributed by atoms with van der Waals surface area (Å²) in [7, 11) is 0. The summed E-state index contributed by atoms with van der Waals surface area (Å²) < 4.78 is 13.2. The molecule has 0 atom stereocenters. The van der Waals surface area contributed by atoms with Gasteiger partial charge in [-0.3, -0.25) is 9.59 Å². The van der Waals surface area contributed by atoms with Gasteiger partial charge in [-0.1, -0.05) is 24.3 Å². The van der Waals surface area contributed by atoms with E-state index in [-0.39, 0.29) is 23.2 Å². The molecule has 0 unspecified atom stereocenters. The average molecular weight is 272 g/mol. The molecule has 0 bridgehead atoms. The Kier molecular flexibility index (Phi) is 3.79. The fourth-order valence-electron chi connectivity index (χ4n) is 1.94. The first kappa shape index (κ1) is 13.7. The van der Waals surface area contributed by atoms with Crippen LogP contribution in [0.15, 0.2) is 42.5 Å². The Labute approximate surface area is 115 Å². The van der Waals surface area contributed by atoms with Gasteiger partial charge in [-0.05, 0) is 23.8 Å². The zero-order valence-electron chi connectivity index (χ0n) is 10.6. The highest BCUT2D eigenvalue weighted by atomic mass is 19.1. The highest BCUT2D eigenvalue weighted by molar-refractivity contribution is 6.12. The Morgan fingerprint density at radius 1 is 1.10 bits per heavy atom. The third-order valence-electron chi connectivity index (χ3n) is 2.89. The molecule has 1 amide bonds. The van der Waals surface area contributed by atoms with E-state index in [0.29, 0.717) is 5.56 Å². The molecule has 20 heavy (non-hydrogen) atoms. The van der Waals surface area contributed by atoms with Crippen molar-refractivity contribution in [2.75, 3.05) is 5.73 Å². The molecule has 0 spiro atoms. The highest BCUT2D eigenvalue weighted by Gasteiger charge is 2.15. The minimum atomic E-state index is -0.535. The van der Waals surface area contributed by atoms with Gasteiger partial charge in [-0.15, -0.1) is 0 Å². The van der Waals surface area contributed by atoms with Crippen molar-refractivity contribution in [3.8, 4) is 0 Å². The van der Waals surface area contributed by atoms with E-state index in [1.165, 1.54) is 24.3 Å². The van der Waals surface area contributed by atoms with E-state index in [2.05, 4.69) is 0 Å². The molecule has 0 aliphatic heterocycles. The Balaban J connectivity index is 2.42. The molecule has 4 nitrogen and oxygen atoms in total. The Bertz CT molecular complexity index is 683. The lowest BCUT2D eigenvalue weighted by Gasteiger charge is -2.09. The van der Waals surface area contributed by atoms with Gasteiger partial charge in [-0.2, -0.15) is 0 Å². The number of hydrogen-bond acceptors (Lipinski definition) is 3. The first-order valence-corrected chi connectivity index (χ1v) is 5.95. The number of carbonyl (C=O) groups is 2. The molecule has 4 N–H and O–H groups in total. The number of ketones is 1. The van der Waals surface area contributed by atoms with Gasteiger partial charge < -0.3 is 11.5 Å². The molecule has 0 fully saturated rings. The van der Waals surface area contributed by atoms with E-state index in [4.69, 9.17) is 11.5 Å². The van der Waals surface area contributed by atoms with Crippen molar-refractivity contribution < 1.29 is 14.0 Å². The van der Waals surface area contributed by atoms with Crippen LogP contribution in [0.3, 0.4) is 0 Å². The van der Waals surface area contributed by atoms with E-state index in [9.17, 15) is 14.0 Å². The molecule has 102 valence electrons. The zero-order valence-corrected chi connectivity index (χ0v) is 10.6. The topological polar surface area (TPSA) is 86.2 Å². The van der Waals surface area contributed by atoms with Crippen LogP contribution in [0.1, 0.15) is 21.5 Å². The summed E-state index contributed by atoms with van der Waals surface area (Å²) in [4.78, 5) is 23.2. The molecular weight excluding hydrogens is 259 g/mol. The lowest BCUT2D eigenvalue weighted by molar-refractivity contribution is -0.117. The molecule has 0 heterocycles. The number of anilines is 1. The number of nitrogen functional groups attached to an aromatic ring is 1. The number of halogens is 1. The van der Waals surface area contributed by atoms with Crippen LogP contribution in [-0.2, 0) is 11.2 Å². The number of amides is 1. The van der Waals surface area contributed by atoms with Crippen LogP contribution in [0.5, 0.6) is 0 Å². The zero-order chi connectivity index (χ0) is 14.7. The van der Waals surface area contributed by atoms with Gasteiger partial charge in [0.25, 0.3) is 0 Å². The van der Waals surface area contributed by atoms with Crippen molar-refractivity contribution >= 4 is 17.4 Å². The normalized spacial score (nSPS) is 10.2. The SMILES string of the molecule is NC(=O)Cc1cccc(C(=O)c2cccc(F)c2)c1N. The van der Waals surface area contributed by atoms with Gasteiger partial charge in [0.05, 0.1) is 6.42 Å². The molecule has 2 aromatic rings. The van der Waals surface area contributed by atoms with Crippen LogP contribution in [-0.4, -0.2) is 11.7 Å². The number of hydrogen-bond donors (Lipinski definition) is 2. The smallest absolute Gasteiger partial charge is 0.221 e. The van der Waals surface area contributed by atoms with Gasteiger partial charge in [0, 0.05) is 16.8 Å². The van der Waals surface area contributed by atoms with Crippen LogP contribution in [0, 0.1) is 5.82 Å². The second-order valence-electron chi connectivity index (χ2n) is 4.36. The fourth-order valence-corrected chi connectivity index (χ4v) is 1.94. The number of carbonyl (C=O) groups excluding carboxylic acids is 2. The predicted molar refractivity (Wildman–Crippen MR) is 73.6 cm³/mol. The van der Waals surface area contributed by atoms with Crippen LogP contribution < -0.4 is 11.5 Å². The Hall–Kier alpha value is -2.69. The summed E-state index contributed by atoms with van der Waals surface area (Å²) >= 11 is 0. The Morgan fingerprint density at radius 2 is 1.80 bits per heavy atom. The Morgan fingerprint density at radius 3 is 2.45 bits per heavy atom. The predicted octanol–water partition coefficient (Wildman–Crippen LogP) is 1.67. The standard InChI is InChI=1S/C15H13FN2O2/c16-11-5-1-4-10(7-11)15(20)12-6-2-3-9(14(12)18)8-13(17)19/h1-7H,8,18H2,(H2,17,19). The molecular formula is C15H13FN2O2. The summed E-state index contributed by atoms with van der Waals surface area (Å²) in [5.74, 6) is -1.43. The second kappa shape index (κ2) is 5.52. The van der Waals surface area contributed by atoms with E-state index in [1.54, 1.807) is 12.1 Å². The van der Waals surface area contributed by atoms with Gasteiger partial charge in [0.2, 0.25) is 5.91 Å². The lowest BCUT2D eigenvalue weighted by atomic mass is 9.97. The largest absolute Gasteiger partial charge is 0.398 e. The van der Waals surface area contributed by atoms with Crippen molar-refractivity contribution in [2.24, 2.45) is 5.73 Å². The van der Waals surface area contributed by atoms with E-state index in [1.807, 2.05) is 0 Å². The molecule has 2 rings (SSSR count). The quantitative estimate of drug-likeness (QED) is 0.655. The van der Waals surface area contributed by atoms with E-state index >= 15 is 0 Å². The summed E-state index contributed by atoms with van der Waals surface area (Å²) in [6.45, 7) is 0. The number of nitrogens with two attached hydrogens (primary N) is 2. The third-order valence-corrected chi connectivity index (χ3v) is 2.89. The van der Waals surface area contributed by atoms with Crippen LogP contribution >= 0.6 is 0 Å². The molecule has 0 saturated heterocycles. The summed E-state index contributed by atoms with van der Waals surface area (Å²) in [5.41, 5.74) is 12.1. The first-order valence-electron chi connectivity index (χ1n) is 5.95. The van der Waals surface area contributed by atoms with Crippen molar-refractivity contribution in [3.05, 3.63) is 65.0 Å². The summed E-state index contributed by atoms with van der Waals surface area (Å²) in [6, 6.07) is 10.1. The van der Waals surface area contributed by atoms with Crippen molar-refractivity contribution in [1.82, 2.24) is 0 Å². The molecule has 0 aliphatic carbocycles. The van der Waals surface area contributed by atoms with Crippen LogP contribution in [0.2, 0.25) is 0 Å². The van der Waals surface area contributed by atoms with Crippen LogP contribution in [0.25, 0.3) is 0 Å². The van der Waals surface area contributed by atoms with Gasteiger partial charge >= 0.3 is 0 Å². The lowest BCUT2D eigenvalue weighted by Crippen LogP contribution is -2.16. The van der Waals surface area contributed by atoms with Crippen molar-refractivity contribution in [3.63, 3.8) is 0 Å². The number of rotatable bonds is 4. The average Bonchev–Trinajstić information content (AvgIpc) is 2.40. The minimum Gasteiger partial charge on any atom is -0.398 e. The molecule has 0 saturated carbocycles. The number of benzene rings is 2. The maximum Gasteiger partial charge on any atom is 0.221 e. The van der Waals surface area contributed by atoms with Crippen LogP contribution in [0.4, 0.5) is 10.1 Å². The molecule has 0 radical (unpaired) electrons. The number of para-hydroxylation sites is 1. The van der Waals surface area contributed by atoms with Gasteiger partial charge in [-0.25, -0.2) is 4.39 Å². The summed E-state index contributed by atoms with van der Waals surface area (Å²) in [6.07, 6.45) is -0.0455. The van der Waals surface area contributed by atoms with Gasteiger partial charge in [0.15, 0.2) is 5.78 Å². The molecule has 0 aliphatic rings. The first-order chi connectivity index (χ1) is 9.49. The fraction of sp³-hybridized carbons (Fsp3) is 0.0667. The second-order valence-corrected chi connectivity index (χ2v) is 4.36. The van der Waals surface area contributed by atoms with Crippen molar-refractivity contribution in [1.29, 1.82) is 0 Å². The van der Waals surface area contributed by atoms with Crippen molar-refractivity contribution in [2.45, 2.75) is 6.42 Å². The monoisotopic (exact) mass is 272 g/mol.